The van der Waals surface area contributed by atoms with Crippen molar-refractivity contribution in [2.75, 3.05) is 71.2 Å². The van der Waals surface area contributed by atoms with Gasteiger partial charge in [-0.15, -0.1) is 16.4 Å². The number of carbonyl (C=O) groups excluding carboxylic acids is 4. The highest BCUT2D eigenvalue weighted by atomic mass is 35.5. The molecule has 3 atom stereocenters. The normalized spacial score (nSPS) is 17.6. The highest BCUT2D eigenvalue weighted by Crippen LogP contribution is 2.38. The third kappa shape index (κ3) is 15.9. The number of ketones is 1. The number of likely N-dealkylation sites (tertiary alicyclic amines) is 1. The van der Waals surface area contributed by atoms with Gasteiger partial charge in [0.1, 0.15) is 30.5 Å². The number of aliphatic hydroxyl groups excluding tert-OH is 1. The number of anilines is 1. The SMILES string of the molecule is COc1cc(N2CCC(N3CCN(C(=O)CCCc4cn(CCCC(=O)C[C@H](C(=O)N5C[C@H](O)C[C@H]5C(=O)NCc5ccc(-c6scnc6C)cc5)C(C)(C)C)nn4)CC3)CC2)ccc1Cc1ncc(Cl)c(Cc2ccccc2P(C)(C)=O)n1. The molecule has 3 aromatic heterocycles. The average Bonchev–Trinajstić information content (AvgIpc) is 3.02. The molecule has 3 aliphatic heterocycles. The average molecular weight is 1200 g/mol. The molecule has 3 aliphatic rings. The number of aliphatic hydroxyl groups is 1. The van der Waals surface area contributed by atoms with Crippen LogP contribution in [-0.2, 0) is 56.1 Å². The Labute approximate surface area is 503 Å². The minimum atomic E-state index is -2.49. The van der Waals surface area contributed by atoms with Gasteiger partial charge in [-0.2, -0.15) is 0 Å². The number of halogens is 1. The number of methoxy groups -OCH3 is 1. The summed E-state index contributed by atoms with van der Waals surface area (Å²) < 4.78 is 20.7. The molecule has 3 saturated heterocycles. The molecule has 9 rings (SSSR count). The first kappa shape index (κ1) is 62.2. The molecule has 6 heterocycles. The van der Waals surface area contributed by atoms with Crippen molar-refractivity contribution in [2.24, 2.45) is 11.3 Å². The molecule has 0 saturated carbocycles. The van der Waals surface area contributed by atoms with Crippen LogP contribution in [0, 0.1) is 18.3 Å². The highest BCUT2D eigenvalue weighted by Gasteiger charge is 2.44. The Bertz CT molecular complexity index is 3310. The summed E-state index contributed by atoms with van der Waals surface area (Å²) in [5.41, 5.74) is 8.74. The van der Waals surface area contributed by atoms with E-state index in [-0.39, 0.29) is 55.9 Å². The molecule has 2 N–H and O–H groups in total. The quantitative estimate of drug-likeness (QED) is 0.0578. The fourth-order valence-corrected chi connectivity index (χ4v) is 14.2. The number of piperazine rings is 1. The largest absolute Gasteiger partial charge is 0.496 e. The molecule has 6 aromatic rings. The molecule has 0 radical (unpaired) electrons. The maximum absolute atomic E-state index is 14.2. The Morgan fingerprint density at radius 2 is 1.67 bits per heavy atom. The zero-order valence-corrected chi connectivity index (χ0v) is 52.1. The molecule has 0 aliphatic carbocycles. The molecule has 3 aromatic carbocycles. The Hall–Kier alpha value is -6.37. The lowest BCUT2D eigenvalue weighted by molar-refractivity contribution is -0.146. The van der Waals surface area contributed by atoms with Crippen molar-refractivity contribution in [1.82, 2.24) is 50.0 Å². The van der Waals surface area contributed by atoms with Gasteiger partial charge in [0.25, 0.3) is 0 Å². The van der Waals surface area contributed by atoms with Crippen LogP contribution >= 0.6 is 30.1 Å². The van der Waals surface area contributed by atoms with E-state index in [4.69, 9.17) is 21.3 Å². The minimum Gasteiger partial charge on any atom is -0.496 e. The van der Waals surface area contributed by atoms with E-state index in [0.29, 0.717) is 80.7 Å². The van der Waals surface area contributed by atoms with Crippen LogP contribution in [0.2, 0.25) is 5.02 Å². The molecule has 21 heteroatoms. The summed E-state index contributed by atoms with van der Waals surface area (Å²) in [6.45, 7) is 17.1. The Balaban J connectivity index is 0.664. The maximum atomic E-state index is 14.2. The van der Waals surface area contributed by atoms with Crippen molar-refractivity contribution >= 4 is 64.6 Å². The number of nitrogens with one attached hydrogen (secondary N) is 1. The number of aryl methyl sites for hydroxylation is 3. The summed E-state index contributed by atoms with van der Waals surface area (Å²) in [7, 11) is -0.802. The van der Waals surface area contributed by atoms with Crippen LogP contribution in [0.4, 0.5) is 5.69 Å². The van der Waals surface area contributed by atoms with E-state index in [1.165, 1.54) is 4.90 Å². The zero-order chi connectivity index (χ0) is 59.7. The smallest absolute Gasteiger partial charge is 0.243 e. The topological polar surface area (TPSA) is 209 Å². The fourth-order valence-electron chi connectivity index (χ4n) is 11.9. The first-order valence-electron chi connectivity index (χ1n) is 29.4. The number of Topliss-reactive ketones (excluding diaryl/α,β-unsaturated/α-hetero) is 1. The molecule has 0 spiro atoms. The van der Waals surface area contributed by atoms with E-state index in [9.17, 15) is 28.8 Å². The second kappa shape index (κ2) is 27.8. The van der Waals surface area contributed by atoms with E-state index >= 15 is 0 Å². The van der Waals surface area contributed by atoms with Gasteiger partial charge < -0.3 is 34.4 Å². The van der Waals surface area contributed by atoms with Gasteiger partial charge in [-0.05, 0) is 80.5 Å². The molecule has 3 fully saturated rings. The third-order valence-corrected chi connectivity index (χ3v) is 19.6. The molecule has 84 heavy (non-hydrogen) atoms. The van der Waals surface area contributed by atoms with Crippen LogP contribution < -0.4 is 20.3 Å². The number of amides is 3. The lowest BCUT2D eigenvalue weighted by Gasteiger charge is -2.43. The summed E-state index contributed by atoms with van der Waals surface area (Å²) in [4.78, 5) is 77.9. The molecular formula is C63H81ClN11O7PS. The summed E-state index contributed by atoms with van der Waals surface area (Å²) in [5.74, 6) is 0.230. The molecular weight excluding hydrogens is 1120 g/mol. The lowest BCUT2D eigenvalue weighted by atomic mass is 9.76. The van der Waals surface area contributed by atoms with Crippen molar-refractivity contribution < 1.29 is 33.6 Å². The van der Waals surface area contributed by atoms with E-state index < -0.39 is 30.6 Å². The van der Waals surface area contributed by atoms with Gasteiger partial charge in [0.05, 0.1) is 45.7 Å². The van der Waals surface area contributed by atoms with Gasteiger partial charge in [-0.3, -0.25) is 28.8 Å². The van der Waals surface area contributed by atoms with Crippen molar-refractivity contribution in [3.63, 3.8) is 0 Å². The Morgan fingerprint density at radius 1 is 0.917 bits per heavy atom. The van der Waals surface area contributed by atoms with Crippen molar-refractivity contribution in [3.05, 3.63) is 129 Å². The standard InChI is InChI=1S/C63H81ClN11O7PS/c1-42-60(84-41-67-42)44-19-17-43(18-20-44)37-66-61(79)55-36-51(77)40-75(55)62(80)52(63(2,3)4)35-50(76)14-11-25-74-39-47(69-70-74)13-10-16-59(78)73-30-28-72(29-31-73)48-23-26-71(27-24-48)49-22-21-45(56(34-49)82-5)33-58-65-38-53(64)54(68-58)32-46-12-8-9-15-57(46)83(6,7)81/h8-9,12,15,17-22,34,38-39,41,48,51-52,55,77H,10-11,13-14,16,23-33,35-37,40H2,1-7H3,(H,66,79)/t51-,52-,55+/m1/s1. The second-order valence-corrected chi connectivity index (χ2v) is 28.7. The van der Waals surface area contributed by atoms with Gasteiger partial charge in [0.15, 0.2) is 0 Å². The van der Waals surface area contributed by atoms with E-state index in [1.54, 1.807) is 42.7 Å². The van der Waals surface area contributed by atoms with Crippen LogP contribution in [-0.4, -0.2) is 158 Å². The monoisotopic (exact) mass is 1200 g/mol. The minimum absolute atomic E-state index is 0.0312. The third-order valence-electron chi connectivity index (χ3n) is 16.7. The number of benzene rings is 3. The molecule has 0 unspecified atom stereocenters. The van der Waals surface area contributed by atoms with Gasteiger partial charge in [-0.25, -0.2) is 15.0 Å². The number of thiazole rings is 1. The predicted octanol–water partition coefficient (Wildman–Crippen LogP) is 8.41. The molecule has 18 nitrogen and oxygen atoms in total. The predicted molar refractivity (Wildman–Crippen MR) is 330 cm³/mol. The van der Waals surface area contributed by atoms with E-state index in [2.05, 4.69) is 53.6 Å². The number of rotatable bonds is 23. The summed E-state index contributed by atoms with van der Waals surface area (Å²) >= 11 is 8.18. The summed E-state index contributed by atoms with van der Waals surface area (Å²) in [5, 5.41) is 23.6. The van der Waals surface area contributed by atoms with Crippen LogP contribution in [0.5, 0.6) is 5.75 Å². The summed E-state index contributed by atoms with van der Waals surface area (Å²) in [6.07, 6.45) is 8.35. The zero-order valence-electron chi connectivity index (χ0n) is 49.6. The number of nitrogens with zero attached hydrogens (tertiary/aromatic N) is 10. The first-order chi connectivity index (χ1) is 40.2. The molecule has 3 amide bonds. The van der Waals surface area contributed by atoms with E-state index in [0.717, 1.165) is 94.3 Å². The van der Waals surface area contributed by atoms with Gasteiger partial charge in [0.2, 0.25) is 17.7 Å². The van der Waals surface area contributed by atoms with Crippen LogP contribution in [0.3, 0.4) is 0 Å². The number of hydrogen-bond donors (Lipinski definition) is 2. The van der Waals surface area contributed by atoms with Crippen molar-refractivity contribution in [3.8, 4) is 16.2 Å². The number of aromatic nitrogens is 6. The van der Waals surface area contributed by atoms with Crippen molar-refractivity contribution in [1.29, 1.82) is 0 Å². The molecule has 0 bridgehead atoms. The lowest BCUT2D eigenvalue weighted by Crippen LogP contribution is -2.54. The van der Waals surface area contributed by atoms with Gasteiger partial charge >= 0.3 is 0 Å². The Kier molecular flexibility index (Phi) is 20.6. The van der Waals surface area contributed by atoms with Crippen LogP contribution in [0.25, 0.3) is 10.4 Å². The second-order valence-electron chi connectivity index (χ2n) is 24.2. The number of hydrogen-bond acceptors (Lipinski definition) is 15. The van der Waals surface area contributed by atoms with Gasteiger partial charge in [-0.1, -0.05) is 92.2 Å². The number of ether oxygens (including phenoxy) is 1. The van der Waals surface area contributed by atoms with Crippen LogP contribution in [0.15, 0.2) is 84.6 Å². The fraction of sp³-hybridized carbons (Fsp3) is 0.508. The molecule has 448 valence electrons. The van der Waals surface area contributed by atoms with Crippen LogP contribution in [0.1, 0.15) is 112 Å². The van der Waals surface area contributed by atoms with E-state index in [1.807, 2.05) is 92.8 Å². The summed E-state index contributed by atoms with van der Waals surface area (Å²) in [6, 6.07) is 21.7. The number of piperidine rings is 1. The maximum Gasteiger partial charge on any atom is 0.243 e. The Morgan fingerprint density at radius 3 is 2.37 bits per heavy atom. The first-order valence-corrected chi connectivity index (χ1v) is 33.3. The number of β-amino-alcohol motifs (C(OH)–C–C–N with tert-alkyl or cyclic N) is 1. The van der Waals surface area contributed by atoms with Gasteiger partial charge in [0, 0.05) is 144 Å². The highest BCUT2D eigenvalue weighted by molar-refractivity contribution is 7.70. The van der Waals surface area contributed by atoms with Crippen molar-refractivity contribution in [2.45, 2.75) is 130 Å². The number of carbonyl (C=O) groups is 4.